The number of fused-ring (bicyclic) bond motifs is 1. The number of carboxylic acid groups (broad SMARTS) is 1. The number of hydrogen-bond acceptors (Lipinski definition) is 8. The van der Waals surface area contributed by atoms with Gasteiger partial charge in [0, 0.05) is 43.8 Å². The molecular formula is C30H40N2O8. The first-order valence-electron chi connectivity index (χ1n) is 14.0. The molecule has 0 aliphatic carbocycles. The predicted molar refractivity (Wildman–Crippen MR) is 147 cm³/mol. The molecule has 0 bridgehead atoms. The highest BCUT2D eigenvalue weighted by Gasteiger charge is 2.47. The molecule has 10 heteroatoms. The number of rotatable bonds is 15. The summed E-state index contributed by atoms with van der Waals surface area (Å²) >= 11 is 0. The molecule has 1 amide bonds. The van der Waals surface area contributed by atoms with Gasteiger partial charge in [-0.15, -0.1) is 0 Å². The Balaban J connectivity index is 1.57. The summed E-state index contributed by atoms with van der Waals surface area (Å²) in [7, 11) is 0. The van der Waals surface area contributed by atoms with Crippen LogP contribution in [0, 0.1) is 5.92 Å². The van der Waals surface area contributed by atoms with Crippen LogP contribution >= 0.6 is 0 Å². The van der Waals surface area contributed by atoms with Crippen molar-refractivity contribution < 1.29 is 39.1 Å². The summed E-state index contributed by atoms with van der Waals surface area (Å²) in [5.41, 5.74) is 1.48. The van der Waals surface area contributed by atoms with Crippen LogP contribution in [0.5, 0.6) is 17.2 Å². The van der Waals surface area contributed by atoms with Crippen molar-refractivity contribution >= 4 is 11.9 Å². The van der Waals surface area contributed by atoms with Gasteiger partial charge in [0.1, 0.15) is 5.75 Å². The normalized spacial score (nSPS) is 20.0. The van der Waals surface area contributed by atoms with Crippen LogP contribution in [0.3, 0.4) is 0 Å². The van der Waals surface area contributed by atoms with Crippen molar-refractivity contribution in [3.63, 3.8) is 0 Å². The smallest absolute Gasteiger partial charge is 0.308 e. The number of aliphatic hydroxyl groups excluding tert-OH is 2. The minimum Gasteiger partial charge on any atom is -0.493 e. The van der Waals surface area contributed by atoms with E-state index in [0.29, 0.717) is 55.3 Å². The number of unbranched alkanes of at least 4 members (excludes halogenated alkanes) is 1. The van der Waals surface area contributed by atoms with E-state index in [0.717, 1.165) is 18.4 Å². The topological polar surface area (TPSA) is 129 Å². The van der Waals surface area contributed by atoms with E-state index in [1.807, 2.05) is 29.2 Å². The molecule has 0 aromatic heterocycles. The molecule has 10 nitrogen and oxygen atoms in total. The number of hydrogen-bond donors (Lipinski definition) is 3. The fourth-order valence-corrected chi connectivity index (χ4v) is 5.64. The van der Waals surface area contributed by atoms with Crippen LogP contribution < -0.4 is 14.2 Å². The predicted octanol–water partition coefficient (Wildman–Crippen LogP) is 2.86. The van der Waals surface area contributed by atoms with E-state index in [9.17, 15) is 24.9 Å². The molecule has 2 aromatic rings. The Kier molecular flexibility index (Phi) is 10.6. The van der Waals surface area contributed by atoms with Gasteiger partial charge in [-0.25, -0.2) is 0 Å². The van der Waals surface area contributed by atoms with Gasteiger partial charge in [-0.2, -0.15) is 0 Å². The van der Waals surface area contributed by atoms with E-state index in [2.05, 4.69) is 6.92 Å². The minimum atomic E-state index is -0.929. The van der Waals surface area contributed by atoms with Gasteiger partial charge in [-0.3, -0.25) is 14.5 Å². The molecular weight excluding hydrogens is 516 g/mol. The minimum absolute atomic E-state index is 0.00216. The number of carbonyl (C=O) groups is 2. The van der Waals surface area contributed by atoms with E-state index < -0.39 is 17.9 Å². The van der Waals surface area contributed by atoms with Crippen molar-refractivity contribution in [2.45, 2.75) is 51.2 Å². The Labute approximate surface area is 235 Å². The van der Waals surface area contributed by atoms with Crippen LogP contribution in [0.15, 0.2) is 42.5 Å². The lowest BCUT2D eigenvalue weighted by Gasteiger charge is -2.29. The molecule has 0 spiro atoms. The first-order valence-corrected chi connectivity index (χ1v) is 14.0. The lowest BCUT2D eigenvalue weighted by atomic mass is 9.84. The Hall–Kier alpha value is -3.34. The largest absolute Gasteiger partial charge is 0.493 e. The molecule has 0 unspecified atom stereocenters. The Morgan fingerprint density at radius 3 is 2.60 bits per heavy atom. The molecule has 2 aromatic carbocycles. The number of aliphatic hydroxyl groups is 2. The number of carbonyl (C=O) groups excluding carboxylic acids is 1. The van der Waals surface area contributed by atoms with Crippen LogP contribution in [0.25, 0.3) is 0 Å². The molecule has 0 radical (unpaired) electrons. The molecule has 3 N–H and O–H groups in total. The van der Waals surface area contributed by atoms with E-state index >= 15 is 0 Å². The lowest BCUT2D eigenvalue weighted by molar-refractivity contribution is -0.144. The molecule has 3 atom stereocenters. The van der Waals surface area contributed by atoms with Gasteiger partial charge in [0.05, 0.1) is 25.7 Å². The summed E-state index contributed by atoms with van der Waals surface area (Å²) in [6.07, 6.45) is 2.68. The number of amides is 1. The van der Waals surface area contributed by atoms with Crippen molar-refractivity contribution in [1.82, 2.24) is 9.80 Å². The fourth-order valence-electron chi connectivity index (χ4n) is 5.64. The first-order chi connectivity index (χ1) is 19.5. The van der Waals surface area contributed by atoms with Crippen molar-refractivity contribution in [3.8, 4) is 17.2 Å². The standard InChI is InChI=1S/C30H40N2O8/c1-2-3-12-31(13-6-14-33)28(35)18-32-17-23(21-9-10-26-27(16-21)40-20-39-26)29(30(36)37)24(32)11-15-38-25-8-5-4-7-22(25)19-34/h4-5,7-10,16,23-24,29,33-34H,2-3,6,11-15,17-20H2,1H3,(H,36,37)/t23-,24+,29-/m1/s1. The van der Waals surface area contributed by atoms with Gasteiger partial charge in [0.25, 0.3) is 0 Å². The van der Waals surface area contributed by atoms with Crippen LogP contribution in [-0.2, 0) is 16.2 Å². The molecule has 2 aliphatic rings. The highest BCUT2D eigenvalue weighted by atomic mass is 16.7. The monoisotopic (exact) mass is 556 g/mol. The third-order valence-corrected chi connectivity index (χ3v) is 7.73. The Morgan fingerprint density at radius 2 is 1.85 bits per heavy atom. The summed E-state index contributed by atoms with van der Waals surface area (Å²) in [4.78, 5) is 29.9. The number of nitrogens with zero attached hydrogens (tertiary/aromatic N) is 2. The highest BCUT2D eigenvalue weighted by Crippen LogP contribution is 2.42. The summed E-state index contributed by atoms with van der Waals surface area (Å²) in [5.74, 6) is -0.368. The number of ether oxygens (including phenoxy) is 3. The SMILES string of the molecule is CCCCN(CCCO)C(=O)CN1C[C@H](c2ccc3c(c2)OCO3)[C@@H](C(=O)O)[C@@H]1CCOc1ccccc1CO. The maximum absolute atomic E-state index is 13.5. The molecule has 1 saturated heterocycles. The van der Waals surface area contributed by atoms with Gasteiger partial charge in [-0.05, 0) is 43.0 Å². The highest BCUT2D eigenvalue weighted by molar-refractivity contribution is 5.79. The molecule has 40 heavy (non-hydrogen) atoms. The van der Waals surface area contributed by atoms with Crippen molar-refractivity contribution in [2.24, 2.45) is 5.92 Å². The maximum atomic E-state index is 13.5. The van der Waals surface area contributed by atoms with E-state index in [1.54, 1.807) is 23.1 Å². The number of benzene rings is 2. The molecule has 4 rings (SSSR count). The Bertz CT molecular complexity index is 1130. The molecule has 2 aliphatic heterocycles. The third kappa shape index (κ3) is 7.04. The van der Waals surface area contributed by atoms with Crippen molar-refractivity contribution in [2.75, 3.05) is 46.2 Å². The average Bonchev–Trinajstić information content (AvgIpc) is 3.57. The van der Waals surface area contributed by atoms with E-state index in [4.69, 9.17) is 14.2 Å². The van der Waals surface area contributed by atoms with Crippen LogP contribution in [0.2, 0.25) is 0 Å². The van der Waals surface area contributed by atoms with E-state index in [1.165, 1.54) is 0 Å². The lowest BCUT2D eigenvalue weighted by Crippen LogP contribution is -2.45. The van der Waals surface area contributed by atoms with Crippen LogP contribution in [-0.4, -0.2) is 89.2 Å². The van der Waals surface area contributed by atoms with E-state index in [-0.39, 0.29) is 45.0 Å². The number of carboxylic acids is 1. The van der Waals surface area contributed by atoms with Crippen LogP contribution in [0.4, 0.5) is 0 Å². The van der Waals surface area contributed by atoms with Crippen molar-refractivity contribution in [1.29, 1.82) is 0 Å². The van der Waals surface area contributed by atoms with Gasteiger partial charge >= 0.3 is 5.97 Å². The first kappa shape index (κ1) is 29.6. The van der Waals surface area contributed by atoms with Gasteiger partial charge < -0.3 is 34.4 Å². The zero-order valence-corrected chi connectivity index (χ0v) is 23.0. The second kappa shape index (κ2) is 14.3. The van der Waals surface area contributed by atoms with Gasteiger partial charge in [0.15, 0.2) is 11.5 Å². The maximum Gasteiger partial charge on any atom is 0.308 e. The molecule has 2 heterocycles. The summed E-state index contributed by atoms with van der Waals surface area (Å²) in [5, 5.41) is 29.4. The summed E-state index contributed by atoms with van der Waals surface area (Å²) < 4.78 is 17.0. The van der Waals surface area contributed by atoms with Gasteiger partial charge in [-0.1, -0.05) is 37.6 Å². The summed E-state index contributed by atoms with van der Waals surface area (Å²) in [6, 6.07) is 12.3. The quantitative estimate of drug-likeness (QED) is 0.303. The van der Waals surface area contributed by atoms with Crippen molar-refractivity contribution in [3.05, 3.63) is 53.6 Å². The second-order valence-electron chi connectivity index (χ2n) is 10.3. The molecule has 1 fully saturated rings. The average molecular weight is 557 g/mol. The zero-order valence-electron chi connectivity index (χ0n) is 23.0. The second-order valence-corrected chi connectivity index (χ2v) is 10.3. The van der Waals surface area contributed by atoms with Crippen LogP contribution in [0.1, 0.15) is 49.7 Å². The molecule has 0 saturated carbocycles. The third-order valence-electron chi connectivity index (χ3n) is 7.73. The molecule has 218 valence electrons. The number of likely N-dealkylation sites (tertiary alicyclic amines) is 1. The number of aliphatic carboxylic acids is 1. The Morgan fingerprint density at radius 1 is 1.07 bits per heavy atom. The number of para-hydroxylation sites is 1. The zero-order chi connectivity index (χ0) is 28.5. The van der Waals surface area contributed by atoms with Gasteiger partial charge in [0.2, 0.25) is 12.7 Å². The summed E-state index contributed by atoms with van der Waals surface area (Å²) in [6.45, 7) is 3.80. The fraction of sp³-hybridized carbons (Fsp3) is 0.533.